The first-order valence-electron chi connectivity index (χ1n) is 5.93. The van der Waals surface area contributed by atoms with Crippen molar-refractivity contribution >= 4 is 21.6 Å². The average molecular weight is 319 g/mol. The number of nitrogens with one attached hydrogen (secondary N) is 1. The highest BCUT2D eigenvalue weighted by Gasteiger charge is 2.23. The number of sulfonamides is 1. The summed E-state index contributed by atoms with van der Waals surface area (Å²) in [6.07, 6.45) is 5.09. The Morgan fingerprint density at radius 1 is 1.50 bits per heavy atom. The Bertz CT molecular complexity index is 626. The van der Waals surface area contributed by atoms with E-state index in [1.165, 1.54) is 13.1 Å². The van der Waals surface area contributed by atoms with E-state index in [0.717, 1.165) is 10.4 Å². The van der Waals surface area contributed by atoms with Crippen LogP contribution in [0.1, 0.15) is 12.5 Å². The molecule has 0 bridgehead atoms. The van der Waals surface area contributed by atoms with E-state index in [9.17, 15) is 12.8 Å². The Morgan fingerprint density at radius 2 is 2.15 bits per heavy atom. The number of hydrogen-bond donors (Lipinski definition) is 1. The lowest BCUT2D eigenvalue weighted by Gasteiger charge is -2.16. The van der Waals surface area contributed by atoms with E-state index in [1.807, 2.05) is 6.92 Å². The Balaban J connectivity index is 3.26. The average Bonchev–Trinajstić information content (AvgIpc) is 2.40. The van der Waals surface area contributed by atoms with Crippen LogP contribution in [0.4, 0.5) is 4.39 Å². The summed E-state index contributed by atoms with van der Waals surface area (Å²) in [7, 11) is -2.48. The highest BCUT2D eigenvalue weighted by Crippen LogP contribution is 2.25. The van der Waals surface area contributed by atoms with Gasteiger partial charge in [-0.1, -0.05) is 24.4 Å². The van der Waals surface area contributed by atoms with Crippen LogP contribution in [0.15, 0.2) is 17.0 Å². The smallest absolute Gasteiger partial charge is 0.243 e. The summed E-state index contributed by atoms with van der Waals surface area (Å²) < 4.78 is 39.2. The largest absolute Gasteiger partial charge is 0.313 e. The van der Waals surface area contributed by atoms with Gasteiger partial charge >= 0.3 is 0 Å². The molecule has 1 aromatic rings. The van der Waals surface area contributed by atoms with Crippen LogP contribution < -0.4 is 5.32 Å². The quantitative estimate of drug-likeness (QED) is 0.814. The number of terminal acetylenes is 1. The van der Waals surface area contributed by atoms with Crippen molar-refractivity contribution in [3.63, 3.8) is 0 Å². The summed E-state index contributed by atoms with van der Waals surface area (Å²) in [5.74, 6) is 1.46. The Morgan fingerprint density at radius 3 is 2.70 bits per heavy atom. The lowest BCUT2D eigenvalue weighted by atomic mass is 10.2. The third-order valence-corrected chi connectivity index (χ3v) is 4.87. The van der Waals surface area contributed by atoms with Crippen molar-refractivity contribution in [1.82, 2.24) is 9.62 Å². The Kier molecular flexibility index (Phi) is 5.96. The molecule has 0 aromatic heterocycles. The van der Waals surface area contributed by atoms with Gasteiger partial charge in [-0.05, 0) is 24.2 Å². The van der Waals surface area contributed by atoms with Crippen LogP contribution in [0.2, 0.25) is 5.02 Å². The van der Waals surface area contributed by atoms with Gasteiger partial charge in [-0.25, -0.2) is 12.8 Å². The van der Waals surface area contributed by atoms with Gasteiger partial charge < -0.3 is 5.32 Å². The van der Waals surface area contributed by atoms with Gasteiger partial charge in [0.05, 0.1) is 16.5 Å². The van der Waals surface area contributed by atoms with Crippen molar-refractivity contribution in [3.05, 3.63) is 28.5 Å². The molecule has 1 N–H and O–H groups in total. The molecule has 0 aliphatic rings. The number of nitrogens with zero attached hydrogens (tertiary/aromatic N) is 1. The maximum atomic E-state index is 13.8. The third-order valence-electron chi connectivity index (χ3n) is 2.66. The van der Waals surface area contributed by atoms with Gasteiger partial charge in [0.1, 0.15) is 5.82 Å². The zero-order valence-electron chi connectivity index (χ0n) is 11.3. The van der Waals surface area contributed by atoms with Crippen LogP contribution in [-0.2, 0) is 16.6 Å². The molecule has 0 radical (unpaired) electrons. The maximum absolute atomic E-state index is 13.8. The fourth-order valence-corrected chi connectivity index (χ4v) is 2.87. The molecular formula is C13H16ClFN2O2S. The number of hydrogen-bond acceptors (Lipinski definition) is 3. The predicted molar refractivity (Wildman–Crippen MR) is 77.4 cm³/mol. The molecule has 4 nitrogen and oxygen atoms in total. The second kappa shape index (κ2) is 7.04. The van der Waals surface area contributed by atoms with Gasteiger partial charge in [-0.3, -0.25) is 0 Å². The normalized spacial score (nSPS) is 11.6. The summed E-state index contributed by atoms with van der Waals surface area (Å²) in [5.41, 5.74) is 0.390. The van der Waals surface area contributed by atoms with Crippen molar-refractivity contribution in [1.29, 1.82) is 0 Å². The van der Waals surface area contributed by atoms with Crippen molar-refractivity contribution < 1.29 is 12.8 Å². The van der Waals surface area contributed by atoms with Crippen LogP contribution in [0, 0.1) is 18.2 Å². The molecule has 0 saturated heterocycles. The first-order chi connectivity index (χ1) is 9.34. The van der Waals surface area contributed by atoms with Gasteiger partial charge in [0, 0.05) is 13.6 Å². The minimum Gasteiger partial charge on any atom is -0.313 e. The van der Waals surface area contributed by atoms with Gasteiger partial charge in [-0.15, -0.1) is 6.42 Å². The molecule has 1 aromatic carbocycles. The first-order valence-corrected chi connectivity index (χ1v) is 7.74. The second-order valence-corrected chi connectivity index (χ2v) is 6.55. The molecule has 0 aliphatic heterocycles. The fraction of sp³-hybridized carbons (Fsp3) is 0.385. The summed E-state index contributed by atoms with van der Waals surface area (Å²) in [4.78, 5) is -0.162. The summed E-state index contributed by atoms with van der Waals surface area (Å²) in [5, 5.41) is 2.89. The van der Waals surface area contributed by atoms with Crippen LogP contribution in [0.5, 0.6) is 0 Å². The monoisotopic (exact) mass is 318 g/mol. The van der Waals surface area contributed by atoms with Crippen molar-refractivity contribution in [2.75, 3.05) is 20.1 Å². The minimum atomic E-state index is -3.82. The zero-order chi connectivity index (χ0) is 15.3. The van der Waals surface area contributed by atoms with Crippen LogP contribution in [0.25, 0.3) is 0 Å². The lowest BCUT2D eigenvalue weighted by Crippen LogP contribution is -2.27. The molecule has 0 heterocycles. The summed E-state index contributed by atoms with van der Waals surface area (Å²) in [6, 6.07) is 2.26. The third kappa shape index (κ3) is 3.70. The standard InChI is InChI=1S/C13H16ClFN2O2S/c1-4-6-17(3)20(18,19)11-7-10(9-16-5-2)13(14)12(15)8-11/h1,7-8,16H,5-6,9H2,2-3H3. The van der Waals surface area contributed by atoms with E-state index in [1.54, 1.807) is 0 Å². The molecule has 0 fully saturated rings. The first kappa shape index (κ1) is 16.9. The molecule has 0 amide bonds. The highest BCUT2D eigenvalue weighted by molar-refractivity contribution is 7.89. The molecule has 0 spiro atoms. The van der Waals surface area contributed by atoms with E-state index in [2.05, 4.69) is 11.2 Å². The highest BCUT2D eigenvalue weighted by atomic mass is 35.5. The predicted octanol–water partition coefficient (Wildman–Crippen LogP) is 1.84. The van der Waals surface area contributed by atoms with Gasteiger partial charge in [0.25, 0.3) is 0 Å². The molecule has 0 unspecified atom stereocenters. The minimum absolute atomic E-state index is 0.0792. The van der Waals surface area contributed by atoms with Crippen LogP contribution in [0.3, 0.4) is 0 Å². The zero-order valence-corrected chi connectivity index (χ0v) is 12.9. The van der Waals surface area contributed by atoms with E-state index in [4.69, 9.17) is 18.0 Å². The van der Waals surface area contributed by atoms with Gasteiger partial charge in [-0.2, -0.15) is 4.31 Å². The summed E-state index contributed by atoms with van der Waals surface area (Å²) in [6.45, 7) is 2.74. The molecule has 20 heavy (non-hydrogen) atoms. The van der Waals surface area contributed by atoms with Crippen LogP contribution >= 0.6 is 11.6 Å². The number of rotatable bonds is 6. The van der Waals surface area contributed by atoms with Crippen molar-refractivity contribution in [3.8, 4) is 12.3 Å². The Hall–Kier alpha value is -1.13. The SMILES string of the molecule is C#CCN(C)S(=O)(=O)c1cc(F)c(Cl)c(CNCC)c1. The molecule has 0 aliphatic carbocycles. The Labute approximate surface area is 124 Å². The van der Waals surface area contributed by atoms with Gasteiger partial charge in [0.15, 0.2) is 0 Å². The summed E-state index contributed by atoms with van der Waals surface area (Å²) >= 11 is 5.84. The van der Waals surface area contributed by atoms with E-state index >= 15 is 0 Å². The van der Waals surface area contributed by atoms with Crippen LogP contribution in [-0.4, -0.2) is 32.9 Å². The number of halogens is 2. The topological polar surface area (TPSA) is 49.4 Å². The maximum Gasteiger partial charge on any atom is 0.243 e. The van der Waals surface area contributed by atoms with E-state index in [-0.39, 0.29) is 23.0 Å². The second-order valence-electron chi connectivity index (χ2n) is 4.12. The van der Waals surface area contributed by atoms with E-state index in [0.29, 0.717) is 12.1 Å². The lowest BCUT2D eigenvalue weighted by molar-refractivity contribution is 0.501. The van der Waals surface area contributed by atoms with Crippen molar-refractivity contribution in [2.45, 2.75) is 18.4 Å². The molecule has 1 rings (SSSR count). The molecular weight excluding hydrogens is 303 g/mol. The fourth-order valence-electron chi connectivity index (χ4n) is 1.55. The molecule has 110 valence electrons. The van der Waals surface area contributed by atoms with E-state index < -0.39 is 15.8 Å². The molecule has 7 heteroatoms. The van der Waals surface area contributed by atoms with Gasteiger partial charge in [0.2, 0.25) is 10.0 Å². The molecule has 0 atom stereocenters. The van der Waals surface area contributed by atoms with Crippen molar-refractivity contribution in [2.24, 2.45) is 0 Å². The number of benzene rings is 1. The molecule has 0 saturated carbocycles.